The van der Waals surface area contributed by atoms with Crippen molar-refractivity contribution in [1.82, 2.24) is 4.31 Å². The van der Waals surface area contributed by atoms with Crippen LogP contribution in [0.15, 0.2) is 16.0 Å². The summed E-state index contributed by atoms with van der Waals surface area (Å²) in [5.41, 5.74) is 1.45. The van der Waals surface area contributed by atoms with Crippen LogP contribution in [0.2, 0.25) is 0 Å². The Morgan fingerprint density at radius 3 is 2.69 bits per heavy atom. The first-order valence-corrected chi connectivity index (χ1v) is 7.72. The fourth-order valence-electron chi connectivity index (χ4n) is 2.18. The fraction of sp³-hybridized carbons (Fsp3) is 0.833. The van der Waals surface area contributed by atoms with Crippen molar-refractivity contribution in [3.63, 3.8) is 0 Å². The second-order valence-corrected chi connectivity index (χ2v) is 7.70. The van der Waals surface area contributed by atoms with Crippen LogP contribution in [0.4, 0.5) is 0 Å². The van der Waals surface area contributed by atoms with E-state index in [0.29, 0.717) is 11.8 Å². The molecule has 0 N–H and O–H groups in total. The molecule has 1 aliphatic carbocycles. The van der Waals surface area contributed by atoms with E-state index in [2.05, 4.69) is 24.3 Å². The lowest BCUT2D eigenvalue weighted by molar-refractivity contribution is 0.413. The lowest BCUT2D eigenvalue weighted by Crippen LogP contribution is -2.22. The molecule has 3 nitrogen and oxygen atoms in total. The maximum Gasteiger partial charge on any atom is 0.106 e. The van der Waals surface area contributed by atoms with E-state index < -0.39 is 9.92 Å². The van der Waals surface area contributed by atoms with Crippen LogP contribution in [0.5, 0.6) is 0 Å². The minimum Gasteiger partial charge on any atom is -0.234 e. The van der Waals surface area contributed by atoms with Crippen LogP contribution in [-0.2, 0) is 9.92 Å². The Hall–Kier alpha value is -0.350. The monoisotopic (exact) mass is 244 g/mol. The molecule has 1 aliphatic rings. The Morgan fingerprint density at radius 2 is 2.19 bits per heavy atom. The molecule has 94 valence electrons. The summed E-state index contributed by atoms with van der Waals surface area (Å²) in [5.74, 6) is 1.21. The van der Waals surface area contributed by atoms with E-state index in [4.69, 9.17) is 0 Å². The van der Waals surface area contributed by atoms with Gasteiger partial charge in [0.1, 0.15) is 9.92 Å². The minimum atomic E-state index is -2.14. The molecule has 4 heteroatoms. The van der Waals surface area contributed by atoms with E-state index in [-0.39, 0.29) is 0 Å². The molecule has 0 aromatic heterocycles. The van der Waals surface area contributed by atoms with Gasteiger partial charge in [-0.3, -0.25) is 0 Å². The first-order chi connectivity index (χ1) is 7.31. The van der Waals surface area contributed by atoms with Crippen LogP contribution in [0.1, 0.15) is 26.7 Å². The molecular weight excluding hydrogens is 220 g/mol. The predicted molar refractivity (Wildman–Crippen MR) is 70.7 cm³/mol. The van der Waals surface area contributed by atoms with Crippen LogP contribution in [0.25, 0.3) is 0 Å². The number of rotatable bonds is 3. The highest BCUT2D eigenvalue weighted by atomic mass is 32.2. The Kier molecular flexibility index (Phi) is 4.56. The van der Waals surface area contributed by atoms with E-state index in [9.17, 15) is 4.21 Å². The molecule has 16 heavy (non-hydrogen) atoms. The summed E-state index contributed by atoms with van der Waals surface area (Å²) in [7, 11) is 1.50. The molecule has 3 unspecified atom stereocenters. The Morgan fingerprint density at radius 1 is 1.56 bits per heavy atom. The zero-order valence-electron chi connectivity index (χ0n) is 11.1. The smallest absolute Gasteiger partial charge is 0.106 e. The van der Waals surface area contributed by atoms with Gasteiger partial charge in [-0.25, -0.2) is 12.9 Å². The highest BCUT2D eigenvalue weighted by molar-refractivity contribution is 7.90. The molecule has 0 amide bonds. The molecule has 0 aliphatic heterocycles. The van der Waals surface area contributed by atoms with Crippen LogP contribution < -0.4 is 0 Å². The summed E-state index contributed by atoms with van der Waals surface area (Å²) in [4.78, 5) is 0. The van der Waals surface area contributed by atoms with Gasteiger partial charge < -0.3 is 0 Å². The third-order valence-corrected chi connectivity index (χ3v) is 5.12. The van der Waals surface area contributed by atoms with Gasteiger partial charge in [-0.1, -0.05) is 18.6 Å². The van der Waals surface area contributed by atoms with Crippen molar-refractivity contribution in [2.75, 3.05) is 26.9 Å². The zero-order chi connectivity index (χ0) is 12.3. The lowest BCUT2D eigenvalue weighted by atomic mass is 9.84. The van der Waals surface area contributed by atoms with Crippen molar-refractivity contribution in [3.8, 4) is 0 Å². The summed E-state index contributed by atoms with van der Waals surface area (Å²) >= 11 is 0. The first kappa shape index (κ1) is 13.7. The average Bonchev–Trinajstić information content (AvgIpc) is 2.13. The topological polar surface area (TPSA) is 32.7 Å². The molecule has 0 heterocycles. The maximum atomic E-state index is 12.0. The van der Waals surface area contributed by atoms with Crippen LogP contribution in [0.3, 0.4) is 0 Å². The molecule has 0 fully saturated rings. The number of hydrogen-bond donors (Lipinski definition) is 0. The van der Waals surface area contributed by atoms with Crippen molar-refractivity contribution < 1.29 is 4.21 Å². The highest BCUT2D eigenvalue weighted by Crippen LogP contribution is 2.28. The summed E-state index contributed by atoms with van der Waals surface area (Å²) in [6.07, 6.45) is 6.33. The van der Waals surface area contributed by atoms with Crippen molar-refractivity contribution >= 4 is 9.92 Å². The van der Waals surface area contributed by atoms with Crippen molar-refractivity contribution in [1.29, 1.82) is 0 Å². The second-order valence-electron chi connectivity index (χ2n) is 5.18. The molecule has 0 saturated carbocycles. The average molecular weight is 244 g/mol. The normalized spacial score (nSPS) is 29.8. The number of nitrogens with zero attached hydrogens (tertiary/aromatic N) is 2. The summed E-state index contributed by atoms with van der Waals surface area (Å²) < 4.78 is 18.1. The first-order valence-electron chi connectivity index (χ1n) is 5.84. The van der Waals surface area contributed by atoms with Gasteiger partial charge in [0.2, 0.25) is 0 Å². The molecule has 0 spiro atoms. The van der Waals surface area contributed by atoms with E-state index in [0.717, 1.165) is 13.0 Å². The Balaban J connectivity index is 2.64. The van der Waals surface area contributed by atoms with Gasteiger partial charge in [0, 0.05) is 20.4 Å². The van der Waals surface area contributed by atoms with Crippen molar-refractivity contribution in [3.05, 3.63) is 11.6 Å². The fourth-order valence-corrected chi connectivity index (χ4v) is 2.90. The van der Waals surface area contributed by atoms with Gasteiger partial charge in [0.15, 0.2) is 0 Å². The van der Waals surface area contributed by atoms with Crippen LogP contribution >= 0.6 is 0 Å². The van der Waals surface area contributed by atoms with Gasteiger partial charge in [-0.2, -0.15) is 0 Å². The molecule has 0 aromatic rings. The van der Waals surface area contributed by atoms with E-state index in [1.54, 1.807) is 10.6 Å². The zero-order valence-corrected chi connectivity index (χ0v) is 11.9. The maximum absolute atomic E-state index is 12.0. The van der Waals surface area contributed by atoms with Gasteiger partial charge >= 0.3 is 0 Å². The minimum absolute atomic E-state index is 0.570. The summed E-state index contributed by atoms with van der Waals surface area (Å²) in [5, 5.41) is 0. The quantitative estimate of drug-likeness (QED) is 0.702. The van der Waals surface area contributed by atoms with Gasteiger partial charge in [0.05, 0.1) is 6.54 Å². The molecule has 0 aromatic carbocycles. The molecule has 1 rings (SSSR count). The van der Waals surface area contributed by atoms with Crippen molar-refractivity contribution in [2.24, 2.45) is 16.2 Å². The van der Waals surface area contributed by atoms with E-state index in [1.165, 1.54) is 12.0 Å². The summed E-state index contributed by atoms with van der Waals surface area (Å²) in [6.45, 7) is 5.14. The standard InChI is InChI=1S/C12H24N2OS/c1-10-6-11(2)8-12(7-10)9-13-16(5,15)14(3)4/h6,10,12H,7-9H2,1-5H3. The third kappa shape index (κ3) is 3.91. The largest absolute Gasteiger partial charge is 0.234 e. The summed E-state index contributed by atoms with van der Waals surface area (Å²) in [6, 6.07) is 0. The molecule has 0 radical (unpaired) electrons. The van der Waals surface area contributed by atoms with Crippen LogP contribution in [-0.4, -0.2) is 35.4 Å². The molecule has 0 saturated heterocycles. The lowest BCUT2D eigenvalue weighted by Gasteiger charge is -2.24. The third-order valence-electron chi connectivity index (χ3n) is 3.13. The molecule has 3 atom stereocenters. The van der Waals surface area contributed by atoms with Gasteiger partial charge in [0.25, 0.3) is 0 Å². The predicted octanol–water partition coefficient (Wildman–Crippen LogP) is 2.55. The number of hydrogen-bond acceptors (Lipinski definition) is 2. The number of allylic oxidation sites excluding steroid dienone is 2. The molecular formula is C12H24N2OS. The SMILES string of the molecule is CC1=CC(C)CC(CN=S(C)(=O)N(C)C)C1. The Labute approximate surface area is 100 Å². The Bertz CT molecular complexity index is 378. The van der Waals surface area contributed by atoms with Crippen molar-refractivity contribution in [2.45, 2.75) is 26.7 Å². The van der Waals surface area contributed by atoms with Gasteiger partial charge in [-0.05, 0) is 31.6 Å². The van der Waals surface area contributed by atoms with Gasteiger partial charge in [-0.15, -0.1) is 0 Å². The van der Waals surface area contributed by atoms with E-state index >= 15 is 0 Å². The van der Waals surface area contributed by atoms with Crippen LogP contribution in [0, 0.1) is 11.8 Å². The second kappa shape index (κ2) is 5.32. The highest BCUT2D eigenvalue weighted by Gasteiger charge is 2.18. The van der Waals surface area contributed by atoms with E-state index in [1.807, 2.05) is 14.1 Å². The molecule has 0 bridgehead atoms.